The fourth-order valence-corrected chi connectivity index (χ4v) is 2.54. The SMILES string of the molecule is CC(C)c1ccccc1Nc1cnc(C(=O)Nc2ccc(F)cc2F)cn1. The van der Waals surface area contributed by atoms with Crippen LogP contribution in [0.15, 0.2) is 54.9 Å². The Morgan fingerprint density at radius 2 is 1.78 bits per heavy atom. The Morgan fingerprint density at radius 1 is 1.00 bits per heavy atom. The van der Waals surface area contributed by atoms with Crippen LogP contribution in [0.3, 0.4) is 0 Å². The molecule has 0 aliphatic carbocycles. The fourth-order valence-electron chi connectivity index (χ4n) is 2.54. The van der Waals surface area contributed by atoms with Crippen LogP contribution in [0, 0.1) is 11.6 Å². The molecular weight excluding hydrogens is 350 g/mol. The van der Waals surface area contributed by atoms with E-state index < -0.39 is 17.5 Å². The number of hydrogen-bond donors (Lipinski definition) is 2. The summed E-state index contributed by atoms with van der Waals surface area (Å²) < 4.78 is 26.6. The summed E-state index contributed by atoms with van der Waals surface area (Å²) in [4.78, 5) is 20.4. The Balaban J connectivity index is 1.73. The molecule has 1 aromatic heterocycles. The van der Waals surface area contributed by atoms with E-state index in [4.69, 9.17) is 0 Å². The van der Waals surface area contributed by atoms with Crippen LogP contribution in [0.25, 0.3) is 0 Å². The van der Waals surface area contributed by atoms with Crippen molar-refractivity contribution >= 4 is 23.1 Å². The summed E-state index contributed by atoms with van der Waals surface area (Å²) >= 11 is 0. The minimum atomic E-state index is -0.861. The van der Waals surface area contributed by atoms with E-state index in [2.05, 4.69) is 34.4 Å². The zero-order valence-corrected chi connectivity index (χ0v) is 14.8. The first-order valence-electron chi connectivity index (χ1n) is 8.38. The number of amides is 1. The van der Waals surface area contributed by atoms with Gasteiger partial charge in [-0.15, -0.1) is 0 Å². The number of halogens is 2. The summed E-state index contributed by atoms with van der Waals surface area (Å²) in [5, 5.41) is 5.52. The van der Waals surface area contributed by atoms with Crippen molar-refractivity contribution in [3.63, 3.8) is 0 Å². The molecule has 7 heteroatoms. The Morgan fingerprint density at radius 3 is 2.44 bits per heavy atom. The molecule has 0 aliphatic rings. The Hall–Kier alpha value is -3.35. The summed E-state index contributed by atoms with van der Waals surface area (Å²) in [5.74, 6) is -1.41. The number of aromatic nitrogens is 2. The number of nitrogens with zero attached hydrogens (tertiary/aromatic N) is 2. The van der Waals surface area contributed by atoms with Gasteiger partial charge in [-0.2, -0.15) is 0 Å². The van der Waals surface area contributed by atoms with E-state index in [0.717, 1.165) is 23.4 Å². The lowest BCUT2D eigenvalue weighted by Crippen LogP contribution is -2.15. The van der Waals surface area contributed by atoms with Gasteiger partial charge in [0.05, 0.1) is 18.1 Å². The maximum absolute atomic E-state index is 13.6. The lowest BCUT2D eigenvalue weighted by Gasteiger charge is -2.14. The van der Waals surface area contributed by atoms with Crippen molar-refractivity contribution in [1.29, 1.82) is 0 Å². The second-order valence-corrected chi connectivity index (χ2v) is 6.23. The molecule has 0 saturated carbocycles. The molecule has 2 N–H and O–H groups in total. The highest BCUT2D eigenvalue weighted by Gasteiger charge is 2.12. The van der Waals surface area contributed by atoms with Gasteiger partial charge in [0.2, 0.25) is 0 Å². The lowest BCUT2D eigenvalue weighted by molar-refractivity contribution is 0.102. The van der Waals surface area contributed by atoms with Crippen molar-refractivity contribution in [2.24, 2.45) is 0 Å². The predicted molar refractivity (Wildman–Crippen MR) is 100 cm³/mol. The largest absolute Gasteiger partial charge is 0.339 e. The number of anilines is 3. The highest BCUT2D eigenvalue weighted by molar-refractivity contribution is 6.02. The van der Waals surface area contributed by atoms with Crippen molar-refractivity contribution in [1.82, 2.24) is 9.97 Å². The van der Waals surface area contributed by atoms with Gasteiger partial charge in [0, 0.05) is 11.8 Å². The summed E-state index contributed by atoms with van der Waals surface area (Å²) in [6.07, 6.45) is 2.71. The summed E-state index contributed by atoms with van der Waals surface area (Å²) in [5.41, 5.74) is 1.93. The first-order chi connectivity index (χ1) is 12.9. The standard InChI is InChI=1S/C20H18F2N4O/c1-12(2)14-5-3-4-6-16(14)25-19-11-23-18(10-24-19)20(27)26-17-8-7-13(21)9-15(17)22/h3-12H,1-2H3,(H,24,25)(H,26,27). The van der Waals surface area contributed by atoms with Gasteiger partial charge in [0.15, 0.2) is 0 Å². The van der Waals surface area contributed by atoms with Gasteiger partial charge in [0.25, 0.3) is 5.91 Å². The summed E-state index contributed by atoms with van der Waals surface area (Å²) in [7, 11) is 0. The molecule has 0 aliphatic heterocycles. The zero-order chi connectivity index (χ0) is 19.4. The smallest absolute Gasteiger partial charge is 0.275 e. The maximum atomic E-state index is 13.6. The van der Waals surface area contributed by atoms with E-state index in [1.165, 1.54) is 12.4 Å². The fraction of sp³-hybridized carbons (Fsp3) is 0.150. The predicted octanol–water partition coefficient (Wildman–Crippen LogP) is 4.87. The van der Waals surface area contributed by atoms with Gasteiger partial charge in [-0.05, 0) is 29.7 Å². The third kappa shape index (κ3) is 4.44. The average Bonchev–Trinajstić information content (AvgIpc) is 2.65. The van der Waals surface area contributed by atoms with Gasteiger partial charge in [0.1, 0.15) is 23.1 Å². The van der Waals surface area contributed by atoms with Crippen LogP contribution in [-0.4, -0.2) is 15.9 Å². The normalized spacial score (nSPS) is 10.7. The second kappa shape index (κ2) is 7.90. The van der Waals surface area contributed by atoms with Crippen molar-refractivity contribution < 1.29 is 13.6 Å². The Labute approximate surface area is 155 Å². The van der Waals surface area contributed by atoms with Crippen molar-refractivity contribution in [2.45, 2.75) is 19.8 Å². The monoisotopic (exact) mass is 368 g/mol. The Kier molecular flexibility index (Phi) is 5.40. The quantitative estimate of drug-likeness (QED) is 0.674. The van der Waals surface area contributed by atoms with Gasteiger partial charge in [-0.3, -0.25) is 4.79 Å². The Bertz CT molecular complexity index is 958. The topological polar surface area (TPSA) is 66.9 Å². The molecule has 2 aromatic carbocycles. The molecular formula is C20H18F2N4O. The molecule has 0 atom stereocenters. The number of carbonyl (C=O) groups is 1. The number of para-hydroxylation sites is 1. The molecule has 0 saturated heterocycles. The van der Waals surface area contributed by atoms with E-state index in [1.807, 2.05) is 24.3 Å². The van der Waals surface area contributed by atoms with E-state index in [-0.39, 0.29) is 11.4 Å². The number of nitrogens with one attached hydrogen (secondary N) is 2. The number of carbonyl (C=O) groups excluding carboxylic acids is 1. The molecule has 1 amide bonds. The molecule has 3 rings (SSSR count). The van der Waals surface area contributed by atoms with Crippen LogP contribution >= 0.6 is 0 Å². The van der Waals surface area contributed by atoms with E-state index in [0.29, 0.717) is 17.8 Å². The van der Waals surface area contributed by atoms with Crippen molar-refractivity contribution in [2.75, 3.05) is 10.6 Å². The molecule has 27 heavy (non-hydrogen) atoms. The minimum absolute atomic E-state index is 0.0152. The number of hydrogen-bond acceptors (Lipinski definition) is 4. The third-order valence-corrected chi connectivity index (χ3v) is 3.91. The molecule has 5 nitrogen and oxygen atoms in total. The first kappa shape index (κ1) is 18.4. The maximum Gasteiger partial charge on any atom is 0.275 e. The van der Waals surface area contributed by atoms with Gasteiger partial charge in [-0.25, -0.2) is 18.7 Å². The molecule has 3 aromatic rings. The van der Waals surface area contributed by atoms with Crippen LogP contribution in [-0.2, 0) is 0 Å². The van der Waals surface area contributed by atoms with Crippen LogP contribution in [0.4, 0.5) is 26.0 Å². The van der Waals surface area contributed by atoms with E-state index >= 15 is 0 Å². The highest BCUT2D eigenvalue weighted by Crippen LogP contribution is 2.26. The van der Waals surface area contributed by atoms with E-state index in [1.54, 1.807) is 0 Å². The number of rotatable bonds is 5. The van der Waals surface area contributed by atoms with Crippen LogP contribution in [0.2, 0.25) is 0 Å². The van der Waals surface area contributed by atoms with Crippen molar-refractivity contribution in [3.8, 4) is 0 Å². The molecule has 0 unspecified atom stereocenters. The minimum Gasteiger partial charge on any atom is -0.339 e. The molecule has 0 fully saturated rings. The van der Waals surface area contributed by atoms with Gasteiger partial charge >= 0.3 is 0 Å². The van der Waals surface area contributed by atoms with Gasteiger partial charge in [-0.1, -0.05) is 32.0 Å². The van der Waals surface area contributed by atoms with Gasteiger partial charge < -0.3 is 10.6 Å². The average molecular weight is 368 g/mol. The van der Waals surface area contributed by atoms with E-state index in [9.17, 15) is 13.6 Å². The molecule has 0 radical (unpaired) electrons. The third-order valence-electron chi connectivity index (χ3n) is 3.91. The lowest BCUT2D eigenvalue weighted by atomic mass is 10.0. The highest BCUT2D eigenvalue weighted by atomic mass is 19.1. The molecule has 138 valence electrons. The molecule has 0 bridgehead atoms. The van der Waals surface area contributed by atoms with Crippen LogP contribution in [0.5, 0.6) is 0 Å². The summed E-state index contributed by atoms with van der Waals surface area (Å²) in [6, 6.07) is 10.8. The zero-order valence-electron chi connectivity index (χ0n) is 14.8. The molecule has 0 spiro atoms. The number of benzene rings is 2. The van der Waals surface area contributed by atoms with Crippen molar-refractivity contribution in [3.05, 3.63) is 77.8 Å². The van der Waals surface area contributed by atoms with Crippen LogP contribution < -0.4 is 10.6 Å². The van der Waals surface area contributed by atoms with Crippen LogP contribution in [0.1, 0.15) is 35.8 Å². The second-order valence-electron chi connectivity index (χ2n) is 6.23. The molecule has 1 heterocycles. The summed E-state index contributed by atoms with van der Waals surface area (Å²) in [6.45, 7) is 4.18. The first-order valence-corrected chi connectivity index (χ1v) is 8.38.